The lowest BCUT2D eigenvalue weighted by Gasteiger charge is -2.44. The fraction of sp³-hybridized carbons (Fsp3) is 0.150. The quantitative estimate of drug-likeness (QED) is 0.0882. The molecule has 10 nitrogen and oxygen atoms in total. The number of rotatable bonds is 12. The van der Waals surface area contributed by atoms with Crippen molar-refractivity contribution in [3.8, 4) is 107 Å². The van der Waals surface area contributed by atoms with Crippen LogP contribution in [0.4, 0.5) is 39.8 Å². The first-order chi connectivity index (χ1) is 56.9. The monoisotopic (exact) mass is 1520 g/mol. The van der Waals surface area contributed by atoms with Crippen LogP contribution in [0.5, 0.6) is 0 Å². The third-order valence-corrected chi connectivity index (χ3v) is 23.4. The Hall–Kier alpha value is -13.9. The number of anilines is 6. The molecular weight excluding hydrogens is 1440 g/mol. The molecule has 2 aliphatic rings. The van der Waals surface area contributed by atoms with Crippen LogP contribution in [0.25, 0.3) is 134 Å². The van der Waals surface area contributed by atoms with Crippen LogP contribution >= 0.6 is 0 Å². The number of hydrogen-bond acceptors (Lipinski definition) is 8. The molecule has 0 radical (unpaired) electrons. The van der Waals surface area contributed by atoms with Gasteiger partial charge in [0.15, 0.2) is 40.6 Å². The average Bonchev–Trinajstić information content (AvgIpc) is 0.796. The molecule has 5 heterocycles. The standard InChI is InChI=1S/C107H89BN10/c1-104(2,3)78-54-75(55-79(64-78)105(4,5)6)72-44-49-88-93(60-72)116(83-40-28-18-29-41-83)95-62-77(63-96-97(95)108(88)89-50-45-73(61-94(89)117(96)84-42-30-19-31-43-84)76-56-80(106(7,8)9)65-81(57-76)107(10,11)12)71-46-51-90-85(58-71)86-59-74(102-112-98(67-32-20-14-21-33-67)110-99(113-102)68-34-22-15-23-35-68)47-52-91(86)118(90)92-53-48-82(109-13)66-87(92)103-114-100(69-36-24-16-25-37-69)111-101(115-103)70-38-26-17-27-39-70/h14-66H,1-12H3. The zero-order chi connectivity index (χ0) is 81.1. The molecule has 0 spiro atoms. The van der Waals surface area contributed by atoms with E-state index < -0.39 is 0 Å². The first-order valence-electron chi connectivity index (χ1n) is 40.8. The van der Waals surface area contributed by atoms with Gasteiger partial charge in [-0.25, -0.2) is 34.7 Å². The molecule has 0 saturated heterocycles. The van der Waals surface area contributed by atoms with E-state index in [4.69, 9.17) is 36.5 Å². The Labute approximate surface area is 691 Å². The number of aromatic nitrogens is 7. The van der Waals surface area contributed by atoms with Crippen LogP contribution in [-0.4, -0.2) is 41.2 Å². The maximum absolute atomic E-state index is 8.55. The number of hydrogen-bond donors (Lipinski definition) is 0. The van der Waals surface area contributed by atoms with E-state index in [9.17, 15) is 0 Å². The van der Waals surface area contributed by atoms with E-state index in [0.717, 1.165) is 112 Å². The highest BCUT2D eigenvalue weighted by molar-refractivity contribution is 7.00. The molecule has 0 atom stereocenters. The van der Waals surface area contributed by atoms with Gasteiger partial charge in [-0.3, -0.25) is 0 Å². The number of nitrogens with zero attached hydrogens (tertiary/aromatic N) is 10. The van der Waals surface area contributed by atoms with E-state index in [-0.39, 0.29) is 28.4 Å². The Morgan fingerprint density at radius 1 is 0.263 bits per heavy atom. The third kappa shape index (κ3) is 13.6. The van der Waals surface area contributed by atoms with Crippen molar-refractivity contribution in [2.75, 3.05) is 9.80 Å². The van der Waals surface area contributed by atoms with Crippen LogP contribution < -0.4 is 26.2 Å². The fourth-order valence-corrected chi connectivity index (χ4v) is 17.0. The Bertz CT molecular complexity index is 6480. The molecule has 0 saturated carbocycles. The smallest absolute Gasteiger partial charge is 0.252 e. The highest BCUT2D eigenvalue weighted by atomic mass is 15.2. The van der Waals surface area contributed by atoms with E-state index in [1.54, 1.807) is 0 Å². The second kappa shape index (κ2) is 28.8. The van der Waals surface area contributed by atoms with Crippen LogP contribution in [0.2, 0.25) is 0 Å². The summed E-state index contributed by atoms with van der Waals surface area (Å²) in [5, 5.41) is 1.94. The van der Waals surface area contributed by atoms with Crippen LogP contribution in [0.3, 0.4) is 0 Å². The number of para-hydroxylation sites is 2. The zero-order valence-corrected chi connectivity index (χ0v) is 68.6. The molecule has 0 bridgehead atoms. The Balaban J connectivity index is 0.894. The average molecular weight is 1530 g/mol. The van der Waals surface area contributed by atoms with Crippen LogP contribution in [0, 0.1) is 6.57 Å². The van der Waals surface area contributed by atoms with Crippen molar-refractivity contribution in [3.63, 3.8) is 0 Å². The topological polar surface area (TPSA) is 93.1 Å². The molecule has 14 aromatic carbocycles. The van der Waals surface area contributed by atoms with Gasteiger partial charge in [-0.1, -0.05) is 314 Å². The summed E-state index contributed by atoms with van der Waals surface area (Å²) in [5.74, 6) is 3.14. The van der Waals surface area contributed by atoms with Crippen molar-refractivity contribution in [1.82, 2.24) is 34.5 Å². The summed E-state index contributed by atoms with van der Waals surface area (Å²) in [4.78, 5) is 40.8. The SMILES string of the molecule is [C-]#[N+]c1ccc(-n2c3ccc(-c4cc5c6c(c4)N(c4ccccc4)c4cc(-c7cc(C(C)(C)C)cc(C(C)(C)C)c7)ccc4B6c4ccc(-c6cc(C(C)(C)C)cc(C(C)(C)C)c6)cc4N5c4ccccc4)cc3c3cc(-c4nc(-c5ccccc5)nc(-c5ccccc5)n4)ccc32)c(-c2nc(-c3ccccc3)nc(-c3ccccc3)n2)c1. The molecule has 0 N–H and O–H groups in total. The lowest BCUT2D eigenvalue weighted by molar-refractivity contribution is 0.568. The summed E-state index contributed by atoms with van der Waals surface area (Å²) in [7, 11) is 0. The molecule has 118 heavy (non-hydrogen) atoms. The maximum Gasteiger partial charge on any atom is 0.252 e. The minimum Gasteiger partial charge on any atom is -0.311 e. The van der Waals surface area contributed by atoms with Gasteiger partial charge >= 0.3 is 0 Å². The summed E-state index contributed by atoms with van der Waals surface area (Å²) in [6.07, 6.45) is 0. The molecule has 17 aromatic rings. The fourth-order valence-electron chi connectivity index (χ4n) is 17.0. The van der Waals surface area contributed by atoms with E-state index in [1.807, 2.05) is 140 Å². The lowest BCUT2D eigenvalue weighted by atomic mass is 9.33. The van der Waals surface area contributed by atoms with Gasteiger partial charge in [-0.2, -0.15) is 0 Å². The first kappa shape index (κ1) is 74.2. The Morgan fingerprint density at radius 2 is 0.576 bits per heavy atom. The predicted molar refractivity (Wildman–Crippen MR) is 492 cm³/mol. The second-order valence-electron chi connectivity index (χ2n) is 35.5. The highest BCUT2D eigenvalue weighted by Gasteiger charge is 2.44. The van der Waals surface area contributed by atoms with Gasteiger partial charge in [-0.15, -0.1) is 0 Å². The molecule has 0 unspecified atom stereocenters. The molecule has 0 aliphatic carbocycles. The van der Waals surface area contributed by atoms with Crippen molar-refractivity contribution in [1.29, 1.82) is 0 Å². The summed E-state index contributed by atoms with van der Waals surface area (Å²) in [5.41, 5.74) is 29.8. The second-order valence-corrected chi connectivity index (χ2v) is 35.5. The maximum atomic E-state index is 8.55. The first-order valence-corrected chi connectivity index (χ1v) is 40.8. The van der Waals surface area contributed by atoms with E-state index in [0.29, 0.717) is 46.2 Å². The van der Waals surface area contributed by atoms with Crippen molar-refractivity contribution < 1.29 is 0 Å². The molecule has 0 amide bonds. The molecule has 11 heteroatoms. The van der Waals surface area contributed by atoms with E-state index in [1.165, 1.54) is 49.8 Å². The lowest BCUT2D eigenvalue weighted by Crippen LogP contribution is -2.61. The molecule has 19 rings (SSSR count). The van der Waals surface area contributed by atoms with Crippen molar-refractivity contribution >= 4 is 84.7 Å². The molecule has 0 fully saturated rings. The number of benzene rings is 14. The van der Waals surface area contributed by atoms with Crippen LogP contribution in [-0.2, 0) is 21.7 Å². The Kier molecular flexibility index (Phi) is 18.1. The molecule has 570 valence electrons. The highest BCUT2D eigenvalue weighted by Crippen LogP contribution is 2.50. The van der Waals surface area contributed by atoms with Gasteiger partial charge in [0.1, 0.15) is 0 Å². The van der Waals surface area contributed by atoms with Gasteiger partial charge in [-0.05, 0) is 185 Å². The summed E-state index contributed by atoms with van der Waals surface area (Å²) >= 11 is 0. The van der Waals surface area contributed by atoms with Crippen LogP contribution in [0.15, 0.2) is 322 Å². The summed E-state index contributed by atoms with van der Waals surface area (Å²) in [6.45, 7) is 36.3. The normalized spacial score (nSPS) is 12.7. The molecule has 3 aromatic heterocycles. The molecule has 2 aliphatic heterocycles. The van der Waals surface area contributed by atoms with Gasteiger partial charge < -0.3 is 14.4 Å². The van der Waals surface area contributed by atoms with Gasteiger partial charge in [0.2, 0.25) is 0 Å². The summed E-state index contributed by atoms with van der Waals surface area (Å²) < 4.78 is 2.31. The third-order valence-electron chi connectivity index (χ3n) is 23.4. The minimum atomic E-state index is -0.191. The van der Waals surface area contributed by atoms with E-state index in [2.05, 4.69) is 284 Å². The van der Waals surface area contributed by atoms with Gasteiger partial charge in [0.25, 0.3) is 6.71 Å². The van der Waals surface area contributed by atoms with Crippen molar-refractivity contribution in [2.45, 2.75) is 105 Å². The predicted octanol–water partition coefficient (Wildman–Crippen LogP) is 26.0. The van der Waals surface area contributed by atoms with Crippen LogP contribution in [0.1, 0.15) is 105 Å². The van der Waals surface area contributed by atoms with Gasteiger partial charge in [0, 0.05) is 78.3 Å². The van der Waals surface area contributed by atoms with E-state index >= 15 is 0 Å². The minimum absolute atomic E-state index is 0.0971. The molecular formula is C107H89BN10. The largest absolute Gasteiger partial charge is 0.311 e. The number of fused-ring (bicyclic) bond motifs is 7. The zero-order valence-electron chi connectivity index (χ0n) is 68.6. The van der Waals surface area contributed by atoms with Crippen molar-refractivity contribution in [3.05, 3.63) is 355 Å². The Morgan fingerprint density at radius 3 is 0.949 bits per heavy atom. The summed E-state index contributed by atoms with van der Waals surface area (Å²) in [6, 6.07) is 116. The van der Waals surface area contributed by atoms with Crippen molar-refractivity contribution in [2.24, 2.45) is 0 Å². The van der Waals surface area contributed by atoms with Gasteiger partial charge in [0.05, 0.1) is 23.3 Å².